The Morgan fingerprint density at radius 2 is 1.23 bits per heavy atom. The number of hydrogen-bond acceptors (Lipinski definition) is 3. The summed E-state index contributed by atoms with van der Waals surface area (Å²) in [4.78, 5) is 10.8. The molecule has 0 bridgehead atoms. The molecule has 1 aromatic carbocycles. The Labute approximate surface area is 190 Å². The highest BCUT2D eigenvalue weighted by molar-refractivity contribution is 7.89. The summed E-state index contributed by atoms with van der Waals surface area (Å²) in [6, 6.07) is 6.54. The Morgan fingerprint density at radius 1 is 0.774 bits per heavy atom. The average molecular weight is 454 g/mol. The van der Waals surface area contributed by atoms with Crippen LogP contribution in [0, 0.1) is 0 Å². The first kappa shape index (κ1) is 27.6. The Kier molecular flexibility index (Phi) is 15.3. The Hall–Kier alpha value is -1.40. The Bertz CT molecular complexity index is 686. The number of unbranched alkanes of at least 4 members (excludes halogenated alkanes) is 13. The largest absolute Gasteiger partial charge is 0.478 e. The molecular weight excluding hydrogens is 410 g/mol. The third kappa shape index (κ3) is 15.1. The second kappa shape index (κ2) is 17.2. The maximum absolute atomic E-state index is 12.1. The number of carbonyl (C=O) groups is 1. The lowest BCUT2D eigenvalue weighted by atomic mass is 10.0. The van der Waals surface area contributed by atoms with Gasteiger partial charge in [-0.2, -0.15) is 0 Å². The predicted molar refractivity (Wildman–Crippen MR) is 129 cm³/mol. The van der Waals surface area contributed by atoms with E-state index in [1.165, 1.54) is 70.6 Å². The van der Waals surface area contributed by atoms with E-state index < -0.39 is 16.0 Å². The van der Waals surface area contributed by atoms with E-state index in [0.29, 0.717) is 19.4 Å². The summed E-state index contributed by atoms with van der Waals surface area (Å²) in [5, 5.41) is 8.89. The number of sulfonamides is 1. The van der Waals surface area contributed by atoms with E-state index in [1.54, 1.807) is 24.3 Å². The van der Waals surface area contributed by atoms with Gasteiger partial charge in [-0.15, -0.1) is 0 Å². The topological polar surface area (TPSA) is 83.5 Å². The van der Waals surface area contributed by atoms with Crippen molar-refractivity contribution in [1.29, 1.82) is 0 Å². The molecule has 0 atom stereocenters. The van der Waals surface area contributed by atoms with Gasteiger partial charge < -0.3 is 5.11 Å². The van der Waals surface area contributed by atoms with Gasteiger partial charge in [-0.3, -0.25) is 0 Å². The summed E-state index contributed by atoms with van der Waals surface area (Å²) in [5.41, 5.74) is 1.16. The van der Waals surface area contributed by atoms with Crippen LogP contribution in [0.25, 0.3) is 0 Å². The van der Waals surface area contributed by atoms with Gasteiger partial charge in [-0.05, 0) is 30.5 Å². The average Bonchev–Trinajstić information content (AvgIpc) is 2.74. The monoisotopic (exact) mass is 453 g/mol. The highest BCUT2D eigenvalue weighted by Gasteiger charge is 2.09. The van der Waals surface area contributed by atoms with Crippen LogP contribution in [-0.4, -0.2) is 31.8 Å². The summed E-state index contributed by atoms with van der Waals surface area (Å²) in [7, 11) is -3.23. The van der Waals surface area contributed by atoms with Crippen LogP contribution in [0.1, 0.15) is 113 Å². The van der Waals surface area contributed by atoms with E-state index in [0.717, 1.165) is 18.4 Å². The summed E-state index contributed by atoms with van der Waals surface area (Å²) in [5.74, 6) is -0.774. The fourth-order valence-corrected chi connectivity index (χ4v) is 4.87. The molecule has 2 N–H and O–H groups in total. The molecule has 1 rings (SSSR count). The Balaban J connectivity index is 1.96. The minimum Gasteiger partial charge on any atom is -0.478 e. The van der Waals surface area contributed by atoms with Crippen LogP contribution < -0.4 is 4.72 Å². The fourth-order valence-electron chi connectivity index (χ4n) is 3.72. The molecule has 0 saturated carbocycles. The second-order valence-corrected chi connectivity index (χ2v) is 10.5. The van der Waals surface area contributed by atoms with Crippen LogP contribution in [0.3, 0.4) is 0 Å². The van der Waals surface area contributed by atoms with Crippen molar-refractivity contribution in [2.24, 2.45) is 0 Å². The summed E-state index contributed by atoms with van der Waals surface area (Å²) >= 11 is 0. The van der Waals surface area contributed by atoms with Crippen molar-refractivity contribution in [3.05, 3.63) is 35.4 Å². The zero-order valence-corrected chi connectivity index (χ0v) is 20.2. The standard InChI is InChI=1S/C25H43NO4S/c1-2-3-4-5-6-7-8-9-10-11-12-13-14-15-22-31(29,30)26-21-20-23-16-18-24(19-17-23)25(27)28/h16-19,26H,2-15,20-22H2,1H3,(H,27,28). The SMILES string of the molecule is CCCCCCCCCCCCCCCCS(=O)(=O)NCCc1ccc(C(=O)O)cc1. The first-order chi connectivity index (χ1) is 14.9. The molecule has 0 spiro atoms. The number of benzene rings is 1. The van der Waals surface area contributed by atoms with Gasteiger partial charge >= 0.3 is 5.97 Å². The number of carboxylic acid groups (broad SMARTS) is 1. The third-order valence-electron chi connectivity index (χ3n) is 5.70. The molecular formula is C25H43NO4S. The van der Waals surface area contributed by atoms with Gasteiger partial charge in [0.05, 0.1) is 11.3 Å². The molecule has 0 amide bonds. The van der Waals surface area contributed by atoms with Gasteiger partial charge in [0.2, 0.25) is 10.0 Å². The van der Waals surface area contributed by atoms with Crippen molar-refractivity contribution in [3.63, 3.8) is 0 Å². The molecule has 0 saturated heterocycles. The molecule has 0 radical (unpaired) electrons. The number of rotatable bonds is 20. The minimum absolute atomic E-state index is 0.184. The van der Waals surface area contributed by atoms with Gasteiger partial charge in [0.1, 0.15) is 0 Å². The molecule has 0 aromatic heterocycles. The number of nitrogens with one attached hydrogen (secondary N) is 1. The molecule has 0 aliphatic carbocycles. The lowest BCUT2D eigenvalue weighted by Gasteiger charge is -2.07. The fraction of sp³-hybridized carbons (Fsp3) is 0.720. The highest BCUT2D eigenvalue weighted by atomic mass is 32.2. The van der Waals surface area contributed by atoms with E-state index >= 15 is 0 Å². The quantitative estimate of drug-likeness (QED) is 0.226. The van der Waals surface area contributed by atoms with Crippen molar-refractivity contribution < 1.29 is 18.3 Å². The van der Waals surface area contributed by atoms with Crippen molar-refractivity contribution in [1.82, 2.24) is 4.72 Å². The maximum atomic E-state index is 12.1. The predicted octanol–water partition coefficient (Wildman–Crippen LogP) is 6.33. The van der Waals surface area contributed by atoms with Crippen LogP contribution in [0.15, 0.2) is 24.3 Å². The maximum Gasteiger partial charge on any atom is 0.335 e. The number of aromatic carboxylic acids is 1. The van der Waals surface area contributed by atoms with Crippen molar-refractivity contribution in [2.75, 3.05) is 12.3 Å². The zero-order chi connectivity index (χ0) is 22.8. The molecule has 0 aliphatic rings. The zero-order valence-electron chi connectivity index (χ0n) is 19.4. The first-order valence-corrected chi connectivity index (χ1v) is 13.9. The molecule has 0 heterocycles. The first-order valence-electron chi connectivity index (χ1n) is 12.2. The van der Waals surface area contributed by atoms with Gasteiger partial charge in [0.25, 0.3) is 0 Å². The molecule has 0 unspecified atom stereocenters. The van der Waals surface area contributed by atoms with Crippen molar-refractivity contribution >= 4 is 16.0 Å². The van der Waals surface area contributed by atoms with Crippen LogP contribution in [0.4, 0.5) is 0 Å². The van der Waals surface area contributed by atoms with E-state index in [-0.39, 0.29) is 11.3 Å². The smallest absolute Gasteiger partial charge is 0.335 e. The molecule has 0 aliphatic heterocycles. The lowest BCUT2D eigenvalue weighted by molar-refractivity contribution is 0.0697. The summed E-state index contributed by atoms with van der Waals surface area (Å²) in [6.07, 6.45) is 18.1. The van der Waals surface area contributed by atoms with Gasteiger partial charge in [0.15, 0.2) is 0 Å². The molecule has 31 heavy (non-hydrogen) atoms. The van der Waals surface area contributed by atoms with Gasteiger partial charge in [-0.25, -0.2) is 17.9 Å². The van der Waals surface area contributed by atoms with E-state index in [9.17, 15) is 13.2 Å². The highest BCUT2D eigenvalue weighted by Crippen LogP contribution is 2.13. The number of hydrogen-bond donors (Lipinski definition) is 2. The van der Waals surface area contributed by atoms with E-state index in [1.807, 2.05) is 0 Å². The normalized spacial score (nSPS) is 11.6. The second-order valence-electron chi connectivity index (χ2n) is 8.56. The van der Waals surface area contributed by atoms with Gasteiger partial charge in [0, 0.05) is 6.54 Å². The Morgan fingerprint density at radius 3 is 1.68 bits per heavy atom. The van der Waals surface area contributed by atoms with Crippen molar-refractivity contribution in [3.8, 4) is 0 Å². The van der Waals surface area contributed by atoms with E-state index in [2.05, 4.69) is 11.6 Å². The van der Waals surface area contributed by atoms with Crippen LogP contribution >= 0.6 is 0 Å². The van der Waals surface area contributed by atoms with Crippen molar-refractivity contribution in [2.45, 2.75) is 103 Å². The number of carboxylic acids is 1. The molecule has 178 valence electrons. The minimum atomic E-state index is -3.23. The van der Waals surface area contributed by atoms with Crippen LogP contribution in [-0.2, 0) is 16.4 Å². The summed E-state index contributed by atoms with van der Waals surface area (Å²) < 4.78 is 26.8. The third-order valence-corrected chi connectivity index (χ3v) is 7.17. The summed E-state index contributed by atoms with van der Waals surface area (Å²) in [6.45, 7) is 2.60. The lowest BCUT2D eigenvalue weighted by Crippen LogP contribution is -2.28. The molecule has 6 heteroatoms. The molecule has 5 nitrogen and oxygen atoms in total. The van der Waals surface area contributed by atoms with Crippen LogP contribution in [0.2, 0.25) is 0 Å². The molecule has 0 fully saturated rings. The van der Waals surface area contributed by atoms with Crippen LogP contribution in [0.5, 0.6) is 0 Å². The van der Waals surface area contributed by atoms with E-state index in [4.69, 9.17) is 5.11 Å². The van der Waals surface area contributed by atoms with Gasteiger partial charge in [-0.1, -0.05) is 103 Å². The molecule has 1 aromatic rings.